The summed E-state index contributed by atoms with van der Waals surface area (Å²) in [4.78, 5) is 10.7. The number of aryl methyl sites for hydroxylation is 1. The first-order valence-corrected chi connectivity index (χ1v) is 5.22. The maximum atomic E-state index is 10.7. The van der Waals surface area contributed by atoms with Crippen LogP contribution in [0.25, 0.3) is 0 Å². The molecule has 3 heteroatoms. The third-order valence-corrected chi connectivity index (χ3v) is 2.26. The van der Waals surface area contributed by atoms with E-state index < -0.39 is 0 Å². The summed E-state index contributed by atoms with van der Waals surface area (Å²) in [6.07, 6.45) is 1.85. The van der Waals surface area contributed by atoms with Crippen LogP contribution in [0.3, 0.4) is 0 Å². The van der Waals surface area contributed by atoms with Crippen LogP contribution in [0.1, 0.15) is 18.9 Å². The van der Waals surface area contributed by atoms with Crippen molar-refractivity contribution in [3.05, 3.63) is 35.9 Å². The fourth-order valence-corrected chi connectivity index (χ4v) is 1.37. The molecule has 0 aliphatic heterocycles. The molecule has 0 heterocycles. The van der Waals surface area contributed by atoms with Gasteiger partial charge in [0.1, 0.15) is 0 Å². The quantitative estimate of drug-likeness (QED) is 0.757. The summed E-state index contributed by atoms with van der Waals surface area (Å²) < 4.78 is 0. The van der Waals surface area contributed by atoms with E-state index in [4.69, 9.17) is 5.73 Å². The van der Waals surface area contributed by atoms with E-state index in [1.165, 1.54) is 12.5 Å². The van der Waals surface area contributed by atoms with Gasteiger partial charge in [0.2, 0.25) is 5.91 Å². The SMILES string of the molecule is CC(=O)NC[C@H](N)CCc1ccccc1. The minimum Gasteiger partial charge on any atom is -0.355 e. The van der Waals surface area contributed by atoms with Gasteiger partial charge in [-0.1, -0.05) is 30.3 Å². The monoisotopic (exact) mass is 206 g/mol. The molecule has 0 spiro atoms. The number of hydrogen-bond acceptors (Lipinski definition) is 2. The Hall–Kier alpha value is -1.35. The van der Waals surface area contributed by atoms with E-state index >= 15 is 0 Å². The summed E-state index contributed by atoms with van der Waals surface area (Å²) in [5, 5.41) is 2.72. The van der Waals surface area contributed by atoms with Crippen molar-refractivity contribution in [2.75, 3.05) is 6.54 Å². The topological polar surface area (TPSA) is 55.1 Å². The lowest BCUT2D eigenvalue weighted by Crippen LogP contribution is -2.36. The van der Waals surface area contributed by atoms with E-state index in [1.54, 1.807) is 0 Å². The van der Waals surface area contributed by atoms with Gasteiger partial charge in [0.25, 0.3) is 0 Å². The second-order valence-electron chi connectivity index (χ2n) is 3.72. The molecule has 0 saturated heterocycles. The van der Waals surface area contributed by atoms with Crippen LogP contribution in [0.15, 0.2) is 30.3 Å². The van der Waals surface area contributed by atoms with Crippen LogP contribution >= 0.6 is 0 Å². The van der Waals surface area contributed by atoms with Gasteiger partial charge >= 0.3 is 0 Å². The summed E-state index contributed by atoms with van der Waals surface area (Å²) in [5.74, 6) is -0.0230. The van der Waals surface area contributed by atoms with Crippen LogP contribution in [0, 0.1) is 0 Å². The van der Waals surface area contributed by atoms with Crippen molar-refractivity contribution in [3.8, 4) is 0 Å². The highest BCUT2D eigenvalue weighted by atomic mass is 16.1. The van der Waals surface area contributed by atoms with Crippen molar-refractivity contribution in [2.45, 2.75) is 25.8 Å². The van der Waals surface area contributed by atoms with E-state index in [0.29, 0.717) is 6.54 Å². The largest absolute Gasteiger partial charge is 0.355 e. The Kier molecular flexibility index (Phi) is 4.84. The fourth-order valence-electron chi connectivity index (χ4n) is 1.37. The number of hydrogen-bond donors (Lipinski definition) is 2. The summed E-state index contributed by atoms with van der Waals surface area (Å²) >= 11 is 0. The van der Waals surface area contributed by atoms with Crippen molar-refractivity contribution in [3.63, 3.8) is 0 Å². The highest BCUT2D eigenvalue weighted by Gasteiger charge is 2.03. The number of amides is 1. The lowest BCUT2D eigenvalue weighted by atomic mass is 10.1. The third kappa shape index (κ3) is 5.18. The van der Waals surface area contributed by atoms with Gasteiger partial charge < -0.3 is 11.1 Å². The summed E-state index contributed by atoms with van der Waals surface area (Å²) in [6, 6.07) is 10.3. The van der Waals surface area contributed by atoms with Gasteiger partial charge in [-0.15, -0.1) is 0 Å². The van der Waals surface area contributed by atoms with Crippen molar-refractivity contribution in [2.24, 2.45) is 5.73 Å². The maximum absolute atomic E-state index is 10.7. The average Bonchev–Trinajstić information content (AvgIpc) is 2.25. The number of benzene rings is 1. The lowest BCUT2D eigenvalue weighted by molar-refractivity contribution is -0.119. The normalized spacial score (nSPS) is 12.1. The molecule has 0 radical (unpaired) electrons. The van der Waals surface area contributed by atoms with Crippen LogP contribution in [-0.4, -0.2) is 18.5 Å². The Balaban J connectivity index is 2.22. The molecule has 3 N–H and O–H groups in total. The third-order valence-electron chi connectivity index (χ3n) is 2.26. The molecule has 0 aliphatic rings. The molecule has 1 aromatic carbocycles. The van der Waals surface area contributed by atoms with E-state index in [-0.39, 0.29) is 11.9 Å². The number of carbonyl (C=O) groups is 1. The van der Waals surface area contributed by atoms with Crippen LogP contribution in [0.4, 0.5) is 0 Å². The molecule has 15 heavy (non-hydrogen) atoms. The van der Waals surface area contributed by atoms with E-state index in [0.717, 1.165) is 12.8 Å². The summed E-state index contributed by atoms with van der Waals surface area (Å²) in [5.41, 5.74) is 7.14. The zero-order valence-electron chi connectivity index (χ0n) is 9.07. The highest BCUT2D eigenvalue weighted by Crippen LogP contribution is 2.03. The first-order chi connectivity index (χ1) is 7.18. The maximum Gasteiger partial charge on any atom is 0.216 e. The first-order valence-electron chi connectivity index (χ1n) is 5.22. The molecular weight excluding hydrogens is 188 g/mol. The second kappa shape index (κ2) is 6.19. The van der Waals surface area contributed by atoms with Crippen LogP contribution in [-0.2, 0) is 11.2 Å². The minimum absolute atomic E-state index is 0.0230. The molecule has 0 saturated carbocycles. The van der Waals surface area contributed by atoms with Crippen LogP contribution in [0.2, 0.25) is 0 Å². The molecule has 1 rings (SSSR count). The minimum atomic E-state index is -0.0230. The smallest absolute Gasteiger partial charge is 0.216 e. The lowest BCUT2D eigenvalue weighted by Gasteiger charge is -2.11. The zero-order chi connectivity index (χ0) is 11.1. The van der Waals surface area contributed by atoms with Crippen molar-refractivity contribution in [1.29, 1.82) is 0 Å². The Morgan fingerprint density at radius 2 is 2.07 bits per heavy atom. The second-order valence-corrected chi connectivity index (χ2v) is 3.72. The molecule has 0 aliphatic carbocycles. The van der Waals surface area contributed by atoms with Crippen molar-refractivity contribution in [1.82, 2.24) is 5.32 Å². The molecule has 1 aromatic rings. The number of carbonyl (C=O) groups excluding carboxylic acids is 1. The molecule has 1 atom stereocenters. The van der Waals surface area contributed by atoms with Crippen molar-refractivity contribution < 1.29 is 4.79 Å². The molecule has 0 aromatic heterocycles. The number of nitrogens with one attached hydrogen (secondary N) is 1. The first kappa shape index (κ1) is 11.7. The Bertz CT molecular complexity index is 298. The fraction of sp³-hybridized carbons (Fsp3) is 0.417. The Morgan fingerprint density at radius 3 is 2.67 bits per heavy atom. The molecule has 0 bridgehead atoms. The molecular formula is C12H18N2O. The van der Waals surface area contributed by atoms with Crippen LogP contribution in [0.5, 0.6) is 0 Å². The van der Waals surface area contributed by atoms with Gasteiger partial charge in [-0.2, -0.15) is 0 Å². The summed E-state index contributed by atoms with van der Waals surface area (Å²) in [7, 11) is 0. The molecule has 3 nitrogen and oxygen atoms in total. The van der Waals surface area contributed by atoms with Gasteiger partial charge in [0, 0.05) is 19.5 Å². The van der Waals surface area contributed by atoms with Crippen molar-refractivity contribution >= 4 is 5.91 Å². The van der Waals surface area contributed by atoms with E-state index in [2.05, 4.69) is 17.4 Å². The van der Waals surface area contributed by atoms with E-state index in [9.17, 15) is 4.79 Å². The molecule has 0 fully saturated rings. The molecule has 82 valence electrons. The van der Waals surface area contributed by atoms with Gasteiger partial charge in [0.15, 0.2) is 0 Å². The summed E-state index contributed by atoms with van der Waals surface area (Å²) in [6.45, 7) is 2.06. The van der Waals surface area contributed by atoms with E-state index in [1.807, 2.05) is 18.2 Å². The van der Waals surface area contributed by atoms with Gasteiger partial charge in [-0.3, -0.25) is 4.79 Å². The van der Waals surface area contributed by atoms with Gasteiger partial charge in [-0.05, 0) is 18.4 Å². The van der Waals surface area contributed by atoms with Crippen LogP contribution < -0.4 is 11.1 Å². The van der Waals surface area contributed by atoms with Gasteiger partial charge in [0.05, 0.1) is 0 Å². The predicted molar refractivity (Wildman–Crippen MR) is 61.4 cm³/mol. The number of rotatable bonds is 5. The Labute approximate surface area is 90.7 Å². The average molecular weight is 206 g/mol. The highest BCUT2D eigenvalue weighted by molar-refractivity contribution is 5.72. The van der Waals surface area contributed by atoms with Gasteiger partial charge in [-0.25, -0.2) is 0 Å². The number of nitrogens with two attached hydrogens (primary N) is 1. The zero-order valence-corrected chi connectivity index (χ0v) is 9.07. The Morgan fingerprint density at radius 1 is 1.40 bits per heavy atom. The standard InChI is InChI=1S/C12H18N2O/c1-10(15)14-9-12(13)8-7-11-5-3-2-4-6-11/h2-6,12H,7-9,13H2,1H3,(H,14,15)/t12-/m1/s1. The molecule has 1 amide bonds. The predicted octanol–water partition coefficient (Wildman–Crippen LogP) is 1.08. The molecule has 0 unspecified atom stereocenters.